The van der Waals surface area contributed by atoms with E-state index in [0.717, 1.165) is 38.6 Å². The molecule has 0 unspecified atom stereocenters. The summed E-state index contributed by atoms with van der Waals surface area (Å²) in [6, 6.07) is 22.3. The number of benzene rings is 2. The van der Waals surface area contributed by atoms with Crippen molar-refractivity contribution in [1.29, 1.82) is 0 Å². The number of hydrogen-bond donors (Lipinski definition) is 0. The van der Waals surface area contributed by atoms with E-state index in [-0.39, 0.29) is 5.56 Å². The van der Waals surface area contributed by atoms with E-state index in [4.69, 9.17) is 5.10 Å². The van der Waals surface area contributed by atoms with Crippen molar-refractivity contribution < 1.29 is 0 Å². The summed E-state index contributed by atoms with van der Waals surface area (Å²) in [5, 5.41) is 6.89. The maximum atomic E-state index is 13.6. The Morgan fingerprint density at radius 1 is 0.833 bits per heavy atom. The first kappa shape index (κ1) is 18.6. The Kier molecular flexibility index (Phi) is 4.40. The van der Waals surface area contributed by atoms with Gasteiger partial charge in [-0.2, -0.15) is 9.61 Å². The number of nitrogens with zero attached hydrogens (tertiary/aromatic N) is 3. The van der Waals surface area contributed by atoms with Gasteiger partial charge >= 0.3 is 0 Å². The molecule has 0 saturated heterocycles. The topological polar surface area (TPSA) is 39.3 Å². The Morgan fingerprint density at radius 3 is 2.23 bits per heavy atom. The molecule has 0 N–H and O–H groups in total. The van der Waals surface area contributed by atoms with Crippen LogP contribution in [0.3, 0.4) is 0 Å². The minimum atomic E-state index is -0.0931. The summed E-state index contributed by atoms with van der Waals surface area (Å²) in [7, 11) is 2.01. The van der Waals surface area contributed by atoms with Crippen molar-refractivity contribution >= 4 is 17.0 Å². The van der Waals surface area contributed by atoms with Gasteiger partial charge in [0.25, 0.3) is 5.56 Å². The normalized spacial score (nSPS) is 11.3. The van der Waals surface area contributed by atoms with Crippen molar-refractivity contribution in [3.05, 3.63) is 93.7 Å². The lowest BCUT2D eigenvalue weighted by molar-refractivity contribution is 0.804. The molecule has 0 fully saturated rings. The lowest BCUT2D eigenvalue weighted by atomic mass is 10.0. The molecule has 0 saturated carbocycles. The standard InChI is InChI=1S/C25H21N3OS/c1-16-11-13-18(14-12-16)21-17(2)27(3)24-22(20-10-7-15-30-20)23(26-28(24)25(21)29)19-8-5-4-6-9-19/h4-15H,1-3H3. The van der Waals surface area contributed by atoms with Crippen LogP contribution in [0.1, 0.15) is 11.3 Å². The number of aryl methyl sites for hydroxylation is 2. The number of rotatable bonds is 3. The molecule has 2 aromatic carbocycles. The van der Waals surface area contributed by atoms with Crippen molar-refractivity contribution in [2.45, 2.75) is 13.8 Å². The summed E-state index contributed by atoms with van der Waals surface area (Å²) in [5.41, 5.74) is 7.23. The molecule has 0 bridgehead atoms. The fourth-order valence-corrected chi connectivity index (χ4v) is 4.71. The Morgan fingerprint density at radius 2 is 1.57 bits per heavy atom. The third-order valence-electron chi connectivity index (χ3n) is 5.60. The van der Waals surface area contributed by atoms with Gasteiger partial charge in [-0.15, -0.1) is 11.3 Å². The van der Waals surface area contributed by atoms with Gasteiger partial charge in [0.2, 0.25) is 0 Å². The van der Waals surface area contributed by atoms with Crippen LogP contribution in [0.5, 0.6) is 0 Å². The van der Waals surface area contributed by atoms with E-state index in [9.17, 15) is 4.79 Å². The highest BCUT2D eigenvalue weighted by Crippen LogP contribution is 2.37. The summed E-state index contributed by atoms with van der Waals surface area (Å²) < 4.78 is 3.66. The quantitative estimate of drug-likeness (QED) is 0.381. The summed E-state index contributed by atoms with van der Waals surface area (Å²) >= 11 is 1.66. The Labute approximate surface area is 178 Å². The molecular formula is C25H21N3OS. The van der Waals surface area contributed by atoms with Gasteiger partial charge in [-0.05, 0) is 30.9 Å². The first-order valence-electron chi connectivity index (χ1n) is 9.85. The smallest absolute Gasteiger partial charge is 0.282 e. The highest BCUT2D eigenvalue weighted by atomic mass is 32.1. The number of aromatic nitrogens is 3. The van der Waals surface area contributed by atoms with Crippen molar-refractivity contribution in [3.63, 3.8) is 0 Å². The monoisotopic (exact) mass is 411 g/mol. The molecule has 0 atom stereocenters. The van der Waals surface area contributed by atoms with Crippen molar-refractivity contribution in [2.24, 2.45) is 7.05 Å². The molecular weight excluding hydrogens is 390 g/mol. The molecule has 0 radical (unpaired) electrons. The second-order valence-electron chi connectivity index (χ2n) is 7.49. The molecule has 0 amide bonds. The lowest BCUT2D eigenvalue weighted by Crippen LogP contribution is -2.22. The largest absolute Gasteiger partial charge is 0.332 e. The molecule has 0 aliphatic rings. The van der Waals surface area contributed by atoms with Gasteiger partial charge in [0.05, 0.1) is 11.1 Å². The third-order valence-corrected chi connectivity index (χ3v) is 6.49. The second kappa shape index (κ2) is 7.11. The number of thiophene rings is 1. The third kappa shape index (κ3) is 2.82. The average molecular weight is 412 g/mol. The Hall–Kier alpha value is -3.44. The summed E-state index contributed by atoms with van der Waals surface area (Å²) in [6.07, 6.45) is 0. The van der Waals surface area contributed by atoms with Crippen LogP contribution in [0.25, 0.3) is 38.5 Å². The molecule has 5 heteroatoms. The Balaban J connectivity index is 1.91. The van der Waals surface area contributed by atoms with E-state index >= 15 is 0 Å². The van der Waals surface area contributed by atoms with E-state index < -0.39 is 0 Å². The Bertz CT molecular complexity index is 1410. The minimum Gasteiger partial charge on any atom is -0.332 e. The summed E-state index contributed by atoms with van der Waals surface area (Å²) in [6.45, 7) is 4.05. The number of hydrogen-bond acceptors (Lipinski definition) is 3. The van der Waals surface area contributed by atoms with E-state index in [1.165, 1.54) is 5.56 Å². The minimum absolute atomic E-state index is 0.0931. The SMILES string of the molecule is Cc1ccc(-c2c(C)n(C)c3c(-c4cccs4)c(-c4ccccc4)nn3c2=O)cc1. The van der Waals surface area contributed by atoms with Gasteiger partial charge in [0.15, 0.2) is 0 Å². The van der Waals surface area contributed by atoms with Crippen molar-refractivity contribution in [1.82, 2.24) is 14.2 Å². The maximum Gasteiger partial charge on any atom is 0.282 e. The molecule has 0 aliphatic carbocycles. The van der Waals surface area contributed by atoms with E-state index in [1.807, 2.05) is 81.6 Å². The van der Waals surface area contributed by atoms with Gasteiger partial charge < -0.3 is 4.57 Å². The van der Waals surface area contributed by atoms with Crippen LogP contribution in [0, 0.1) is 13.8 Å². The van der Waals surface area contributed by atoms with Crippen LogP contribution in [0.2, 0.25) is 0 Å². The second-order valence-corrected chi connectivity index (χ2v) is 8.44. The lowest BCUT2D eigenvalue weighted by Gasteiger charge is -2.14. The van der Waals surface area contributed by atoms with Crippen LogP contribution >= 0.6 is 11.3 Å². The van der Waals surface area contributed by atoms with Gasteiger partial charge in [0, 0.05) is 23.2 Å². The van der Waals surface area contributed by atoms with Crippen LogP contribution < -0.4 is 5.56 Å². The average Bonchev–Trinajstić information content (AvgIpc) is 3.42. The molecule has 148 valence electrons. The zero-order valence-corrected chi connectivity index (χ0v) is 17.9. The van der Waals surface area contributed by atoms with Crippen LogP contribution in [-0.2, 0) is 7.05 Å². The van der Waals surface area contributed by atoms with E-state index in [2.05, 4.69) is 16.0 Å². The molecule has 3 aromatic heterocycles. The predicted octanol–water partition coefficient (Wildman–Crippen LogP) is 5.71. The summed E-state index contributed by atoms with van der Waals surface area (Å²) in [4.78, 5) is 14.7. The molecule has 5 aromatic rings. The molecule has 3 heterocycles. The number of fused-ring (bicyclic) bond motifs is 1. The molecule has 0 spiro atoms. The first-order valence-corrected chi connectivity index (χ1v) is 10.7. The molecule has 30 heavy (non-hydrogen) atoms. The highest BCUT2D eigenvalue weighted by molar-refractivity contribution is 7.13. The van der Waals surface area contributed by atoms with E-state index in [0.29, 0.717) is 5.56 Å². The predicted molar refractivity (Wildman–Crippen MR) is 124 cm³/mol. The zero-order chi connectivity index (χ0) is 20.8. The molecule has 0 aliphatic heterocycles. The van der Waals surface area contributed by atoms with Crippen LogP contribution in [-0.4, -0.2) is 14.2 Å². The van der Waals surface area contributed by atoms with Gasteiger partial charge in [-0.25, -0.2) is 0 Å². The fraction of sp³-hybridized carbons (Fsp3) is 0.120. The molecule has 4 nitrogen and oxygen atoms in total. The van der Waals surface area contributed by atoms with E-state index in [1.54, 1.807) is 15.9 Å². The van der Waals surface area contributed by atoms with Gasteiger partial charge in [0.1, 0.15) is 11.3 Å². The first-order chi connectivity index (χ1) is 14.6. The zero-order valence-electron chi connectivity index (χ0n) is 17.1. The maximum absolute atomic E-state index is 13.6. The van der Waals surface area contributed by atoms with Crippen molar-refractivity contribution in [3.8, 4) is 32.8 Å². The highest BCUT2D eigenvalue weighted by Gasteiger charge is 2.23. The van der Waals surface area contributed by atoms with Crippen LogP contribution in [0.4, 0.5) is 0 Å². The molecule has 5 rings (SSSR count). The van der Waals surface area contributed by atoms with Gasteiger partial charge in [-0.3, -0.25) is 4.79 Å². The van der Waals surface area contributed by atoms with Crippen molar-refractivity contribution in [2.75, 3.05) is 0 Å². The summed E-state index contributed by atoms with van der Waals surface area (Å²) in [5.74, 6) is 0. The van der Waals surface area contributed by atoms with Crippen LogP contribution in [0.15, 0.2) is 76.9 Å². The van der Waals surface area contributed by atoms with Gasteiger partial charge in [-0.1, -0.05) is 66.2 Å². The fourth-order valence-electron chi connectivity index (χ4n) is 3.95.